The lowest BCUT2D eigenvalue weighted by molar-refractivity contribution is 0.0744. The van der Waals surface area contributed by atoms with Gasteiger partial charge < -0.3 is 14.4 Å². The van der Waals surface area contributed by atoms with Crippen LogP contribution in [0, 0.1) is 5.82 Å². The maximum absolute atomic E-state index is 14.1. The number of carbonyl (C=O) groups is 1. The summed E-state index contributed by atoms with van der Waals surface area (Å²) in [5.41, 5.74) is 2.59. The lowest BCUT2D eigenvalue weighted by atomic mass is 10.1. The number of amides is 1. The molecule has 30 heavy (non-hydrogen) atoms. The van der Waals surface area contributed by atoms with Crippen molar-refractivity contribution in [3.05, 3.63) is 74.2 Å². The van der Waals surface area contributed by atoms with Crippen molar-refractivity contribution in [2.45, 2.75) is 19.4 Å². The van der Waals surface area contributed by atoms with Gasteiger partial charge in [-0.25, -0.2) is 4.39 Å². The highest BCUT2D eigenvalue weighted by molar-refractivity contribution is 9.10. The Kier molecular flexibility index (Phi) is 4.65. The molecule has 3 aromatic rings. The first-order valence-corrected chi connectivity index (χ1v) is 10.9. The second-order valence-electron chi connectivity index (χ2n) is 8.02. The van der Waals surface area contributed by atoms with Crippen molar-refractivity contribution in [1.29, 1.82) is 0 Å². The Morgan fingerprint density at radius 1 is 1.13 bits per heavy atom. The SMILES string of the molecule is C[C@H]1Cc2cc(Br)cc3c(=O)c(C(=O)N4CCN(c5ccccc5F)CC4)cn1c23. The van der Waals surface area contributed by atoms with Crippen LogP contribution in [0.3, 0.4) is 0 Å². The van der Waals surface area contributed by atoms with E-state index in [4.69, 9.17) is 0 Å². The molecule has 1 aromatic heterocycles. The molecule has 2 aliphatic rings. The van der Waals surface area contributed by atoms with Crippen molar-refractivity contribution >= 4 is 38.4 Å². The smallest absolute Gasteiger partial charge is 0.259 e. The largest absolute Gasteiger partial charge is 0.366 e. The summed E-state index contributed by atoms with van der Waals surface area (Å²) in [6.07, 6.45) is 2.57. The molecule has 2 aromatic carbocycles. The first-order valence-electron chi connectivity index (χ1n) is 10.1. The highest BCUT2D eigenvalue weighted by atomic mass is 79.9. The minimum atomic E-state index is -0.261. The Morgan fingerprint density at radius 2 is 1.87 bits per heavy atom. The highest BCUT2D eigenvalue weighted by Crippen LogP contribution is 2.33. The van der Waals surface area contributed by atoms with Crippen LogP contribution in [0.25, 0.3) is 10.9 Å². The second kappa shape index (κ2) is 7.23. The molecule has 154 valence electrons. The molecule has 3 heterocycles. The molecule has 2 aliphatic heterocycles. The van der Waals surface area contributed by atoms with Gasteiger partial charge in [-0.15, -0.1) is 0 Å². The van der Waals surface area contributed by atoms with Gasteiger partial charge in [0.25, 0.3) is 5.91 Å². The van der Waals surface area contributed by atoms with Crippen LogP contribution in [0.1, 0.15) is 28.9 Å². The van der Waals surface area contributed by atoms with Gasteiger partial charge >= 0.3 is 0 Å². The molecule has 5 rings (SSSR count). The van der Waals surface area contributed by atoms with Gasteiger partial charge in [0.15, 0.2) is 0 Å². The van der Waals surface area contributed by atoms with E-state index in [1.807, 2.05) is 23.1 Å². The van der Waals surface area contributed by atoms with E-state index in [1.54, 1.807) is 23.2 Å². The van der Waals surface area contributed by atoms with Crippen LogP contribution >= 0.6 is 15.9 Å². The van der Waals surface area contributed by atoms with Crippen molar-refractivity contribution < 1.29 is 9.18 Å². The number of pyridine rings is 1. The van der Waals surface area contributed by atoms with Crippen LogP contribution in [-0.2, 0) is 6.42 Å². The number of rotatable bonds is 2. The third kappa shape index (κ3) is 3.03. The Bertz CT molecular complexity index is 1230. The van der Waals surface area contributed by atoms with Gasteiger partial charge in [-0.1, -0.05) is 28.1 Å². The quantitative estimate of drug-likeness (QED) is 0.570. The number of para-hydroxylation sites is 1. The first kappa shape index (κ1) is 19.3. The zero-order valence-electron chi connectivity index (χ0n) is 16.6. The number of aromatic nitrogens is 1. The number of anilines is 1. The van der Waals surface area contributed by atoms with E-state index >= 15 is 0 Å². The van der Waals surface area contributed by atoms with E-state index in [1.165, 1.54) is 6.07 Å². The van der Waals surface area contributed by atoms with Crippen molar-refractivity contribution in [3.8, 4) is 0 Å². The number of piperazine rings is 1. The minimum Gasteiger partial charge on any atom is -0.366 e. The molecule has 0 saturated carbocycles. The van der Waals surface area contributed by atoms with Gasteiger partial charge in [0.05, 0.1) is 11.2 Å². The van der Waals surface area contributed by atoms with Gasteiger partial charge in [-0.3, -0.25) is 9.59 Å². The fraction of sp³-hybridized carbons (Fsp3) is 0.304. The van der Waals surface area contributed by atoms with Gasteiger partial charge in [-0.05, 0) is 43.2 Å². The van der Waals surface area contributed by atoms with Crippen molar-refractivity contribution in [3.63, 3.8) is 0 Å². The molecule has 0 radical (unpaired) electrons. The summed E-state index contributed by atoms with van der Waals surface area (Å²) in [7, 11) is 0. The normalized spacial score (nSPS) is 18.3. The highest BCUT2D eigenvalue weighted by Gasteiger charge is 2.29. The van der Waals surface area contributed by atoms with Gasteiger partial charge in [0, 0.05) is 48.3 Å². The average molecular weight is 470 g/mol. The maximum atomic E-state index is 14.1. The molecular weight excluding hydrogens is 449 g/mol. The summed E-state index contributed by atoms with van der Waals surface area (Å²) in [6.45, 7) is 4.05. The number of hydrogen-bond acceptors (Lipinski definition) is 3. The van der Waals surface area contributed by atoms with Crippen LogP contribution in [-0.4, -0.2) is 41.6 Å². The van der Waals surface area contributed by atoms with Gasteiger partial charge in [0.1, 0.15) is 11.4 Å². The standard InChI is InChI=1S/C23H21BrFN3O2/c1-14-10-15-11-16(24)12-17-21(15)28(14)13-18(22(17)29)23(30)27-8-6-26(7-9-27)20-5-3-2-4-19(20)25/h2-5,11-14H,6-10H2,1H3/t14-/m0/s1. The zero-order chi connectivity index (χ0) is 21.0. The van der Waals surface area contributed by atoms with Crippen molar-refractivity contribution in [2.75, 3.05) is 31.1 Å². The maximum Gasteiger partial charge on any atom is 0.259 e. The summed E-state index contributed by atoms with van der Waals surface area (Å²) in [4.78, 5) is 30.1. The molecule has 1 saturated heterocycles. The number of hydrogen-bond donors (Lipinski definition) is 0. The Hall–Kier alpha value is -2.67. The zero-order valence-corrected chi connectivity index (χ0v) is 18.2. The molecule has 0 unspecified atom stereocenters. The Labute approximate surface area is 181 Å². The van der Waals surface area contributed by atoms with Crippen molar-refractivity contribution in [2.24, 2.45) is 0 Å². The second-order valence-corrected chi connectivity index (χ2v) is 8.94. The van der Waals surface area contributed by atoms with Crippen molar-refractivity contribution in [1.82, 2.24) is 9.47 Å². The number of carbonyl (C=O) groups excluding carboxylic acids is 1. The predicted octanol–water partition coefficient (Wildman–Crippen LogP) is 3.98. The molecule has 1 atom stereocenters. The van der Waals surface area contributed by atoms with Gasteiger partial charge in [-0.2, -0.15) is 0 Å². The summed E-state index contributed by atoms with van der Waals surface area (Å²) < 4.78 is 17.0. The average Bonchev–Trinajstić information content (AvgIpc) is 3.05. The summed E-state index contributed by atoms with van der Waals surface area (Å²) in [6, 6.07) is 10.7. The molecule has 5 nitrogen and oxygen atoms in total. The van der Waals surface area contributed by atoms with E-state index in [2.05, 4.69) is 27.4 Å². The van der Waals surface area contributed by atoms with Crippen LogP contribution < -0.4 is 10.3 Å². The van der Waals surface area contributed by atoms with Crippen LogP contribution in [0.2, 0.25) is 0 Å². The number of nitrogens with zero attached hydrogens (tertiary/aromatic N) is 3. The van der Waals surface area contributed by atoms with E-state index in [-0.39, 0.29) is 28.8 Å². The molecule has 0 bridgehead atoms. The molecule has 1 amide bonds. The topological polar surface area (TPSA) is 45.6 Å². The van der Waals surface area contributed by atoms with Crippen LogP contribution in [0.4, 0.5) is 10.1 Å². The third-order valence-electron chi connectivity index (χ3n) is 6.15. The fourth-order valence-corrected chi connectivity index (χ4v) is 5.15. The number of benzene rings is 2. The molecule has 0 N–H and O–H groups in total. The van der Waals surface area contributed by atoms with Gasteiger partial charge in [0.2, 0.25) is 5.43 Å². The molecule has 0 spiro atoms. The summed E-state index contributed by atoms with van der Waals surface area (Å²) >= 11 is 3.49. The monoisotopic (exact) mass is 469 g/mol. The molecule has 1 fully saturated rings. The molecule has 7 heteroatoms. The molecular formula is C23H21BrFN3O2. The summed E-state index contributed by atoms with van der Waals surface area (Å²) in [5, 5.41) is 0.583. The van der Waals surface area contributed by atoms with E-state index < -0.39 is 0 Å². The molecule has 0 aliphatic carbocycles. The Morgan fingerprint density at radius 3 is 2.60 bits per heavy atom. The van der Waals surface area contributed by atoms with E-state index in [9.17, 15) is 14.0 Å². The lowest BCUT2D eigenvalue weighted by Gasteiger charge is -2.36. The first-order chi connectivity index (χ1) is 14.4. The lowest BCUT2D eigenvalue weighted by Crippen LogP contribution is -2.49. The van der Waals surface area contributed by atoms with Crippen LogP contribution in [0.15, 0.2) is 51.9 Å². The van der Waals surface area contributed by atoms with E-state index in [0.29, 0.717) is 37.3 Å². The predicted molar refractivity (Wildman–Crippen MR) is 119 cm³/mol. The number of halogens is 2. The minimum absolute atomic E-state index is 0.196. The fourth-order valence-electron chi connectivity index (χ4n) is 4.64. The Balaban J connectivity index is 1.45. The third-order valence-corrected chi connectivity index (χ3v) is 6.61. The van der Waals surface area contributed by atoms with Crippen LogP contribution in [0.5, 0.6) is 0 Å². The van der Waals surface area contributed by atoms with E-state index in [0.717, 1.165) is 22.0 Å². The summed E-state index contributed by atoms with van der Waals surface area (Å²) in [5.74, 6) is -0.511.